The quantitative estimate of drug-likeness (QED) is 0.539. The fraction of sp³-hybridized carbons (Fsp3) is 0.182. The number of aromatic amines is 1. The highest BCUT2D eigenvalue weighted by Gasteiger charge is 2.19. The average molecular weight is 406 g/mol. The van der Waals surface area contributed by atoms with Crippen LogP contribution >= 0.6 is 11.3 Å². The number of ether oxygens (including phenoxy) is 2. The second-order valence-electron chi connectivity index (χ2n) is 6.95. The first-order chi connectivity index (χ1) is 14.1. The van der Waals surface area contributed by atoms with E-state index in [1.807, 2.05) is 49.4 Å². The van der Waals surface area contributed by atoms with Gasteiger partial charge in [0.2, 0.25) is 0 Å². The monoisotopic (exact) mass is 406 g/mol. The van der Waals surface area contributed by atoms with Crippen LogP contribution < -0.4 is 20.3 Å². The summed E-state index contributed by atoms with van der Waals surface area (Å²) in [6, 6.07) is 14.7. The first-order valence-corrected chi connectivity index (χ1v) is 10.2. The minimum Gasteiger partial charge on any atom is -0.486 e. The molecule has 2 aromatic heterocycles. The van der Waals surface area contributed by atoms with Gasteiger partial charge in [-0.2, -0.15) is 0 Å². The van der Waals surface area contributed by atoms with Crippen molar-refractivity contribution in [2.75, 3.05) is 13.2 Å². The molecule has 0 saturated heterocycles. The number of pyridine rings is 1. The number of amides is 1. The molecule has 0 fully saturated rings. The van der Waals surface area contributed by atoms with E-state index in [2.05, 4.69) is 10.3 Å². The maximum absolute atomic E-state index is 12.9. The van der Waals surface area contributed by atoms with Gasteiger partial charge in [-0.15, -0.1) is 11.3 Å². The Bertz CT molecular complexity index is 1310. The van der Waals surface area contributed by atoms with Gasteiger partial charge in [-0.25, -0.2) is 0 Å². The summed E-state index contributed by atoms with van der Waals surface area (Å²) in [5.41, 5.74) is 1.50. The molecule has 4 aromatic rings. The van der Waals surface area contributed by atoms with Crippen LogP contribution in [-0.2, 0) is 0 Å². The molecule has 0 unspecified atom stereocenters. The molecule has 7 heteroatoms. The van der Waals surface area contributed by atoms with Crippen LogP contribution in [0.15, 0.2) is 53.3 Å². The number of hydrogen-bond acceptors (Lipinski definition) is 5. The topological polar surface area (TPSA) is 80.4 Å². The molecule has 29 heavy (non-hydrogen) atoms. The van der Waals surface area contributed by atoms with E-state index in [1.165, 1.54) is 11.3 Å². The van der Waals surface area contributed by atoms with Gasteiger partial charge < -0.3 is 19.8 Å². The second kappa shape index (κ2) is 6.93. The Hall–Kier alpha value is -3.32. The van der Waals surface area contributed by atoms with E-state index >= 15 is 0 Å². The number of aromatic nitrogens is 1. The van der Waals surface area contributed by atoms with Crippen molar-refractivity contribution in [3.8, 4) is 11.5 Å². The normalized spacial score (nSPS) is 14.1. The number of H-pyrrole nitrogens is 1. The van der Waals surface area contributed by atoms with Crippen molar-refractivity contribution in [2.24, 2.45) is 0 Å². The average Bonchev–Trinajstić information content (AvgIpc) is 3.20. The Labute approximate surface area is 170 Å². The molecule has 3 heterocycles. The molecule has 0 spiro atoms. The molecule has 6 nitrogen and oxygen atoms in total. The Balaban J connectivity index is 1.45. The van der Waals surface area contributed by atoms with Gasteiger partial charge in [-0.3, -0.25) is 9.59 Å². The van der Waals surface area contributed by atoms with Crippen LogP contribution in [0.25, 0.3) is 21.0 Å². The van der Waals surface area contributed by atoms with Crippen LogP contribution in [0.4, 0.5) is 0 Å². The van der Waals surface area contributed by atoms with Gasteiger partial charge in [-0.1, -0.05) is 24.3 Å². The summed E-state index contributed by atoms with van der Waals surface area (Å²) in [6.45, 7) is 2.97. The maximum Gasteiger partial charge on any atom is 0.261 e. The Morgan fingerprint density at radius 3 is 2.72 bits per heavy atom. The molecular formula is C22H18N2O4S. The second-order valence-corrected chi connectivity index (χ2v) is 8.00. The number of thiophene rings is 1. The van der Waals surface area contributed by atoms with Crippen LogP contribution in [0.3, 0.4) is 0 Å². The summed E-state index contributed by atoms with van der Waals surface area (Å²) in [4.78, 5) is 28.6. The number of para-hydroxylation sites is 1. The van der Waals surface area contributed by atoms with Gasteiger partial charge in [0, 0.05) is 15.6 Å². The van der Waals surface area contributed by atoms with E-state index in [-0.39, 0.29) is 17.5 Å². The Kier molecular flexibility index (Phi) is 4.24. The fourth-order valence-electron chi connectivity index (χ4n) is 3.53. The number of hydrogen-bond donors (Lipinski definition) is 2. The van der Waals surface area contributed by atoms with E-state index < -0.39 is 0 Å². The lowest BCUT2D eigenvalue weighted by molar-refractivity contribution is 0.0944. The zero-order valence-corrected chi connectivity index (χ0v) is 16.5. The highest BCUT2D eigenvalue weighted by molar-refractivity contribution is 7.21. The largest absolute Gasteiger partial charge is 0.486 e. The molecule has 1 aliphatic rings. The highest BCUT2D eigenvalue weighted by atomic mass is 32.1. The fourth-order valence-corrected chi connectivity index (χ4v) is 4.63. The molecular weight excluding hydrogens is 388 g/mol. The van der Waals surface area contributed by atoms with Crippen LogP contribution in [0.1, 0.15) is 28.2 Å². The zero-order valence-electron chi connectivity index (χ0n) is 15.7. The number of carbonyl (C=O) groups is 1. The lowest BCUT2D eigenvalue weighted by Crippen LogP contribution is -2.26. The standard InChI is InChI=1S/C22H18N2O4S/c1-12(13-6-7-17-18(10-13)28-9-8-27-17)23-22(26)19-11-15-20(29-19)14-4-2-3-5-16(14)24-21(15)25/h2-7,10-12H,8-9H2,1H3,(H,23,26)(H,24,25)/t12-/m0/s1. The Morgan fingerprint density at radius 2 is 1.86 bits per heavy atom. The molecule has 0 saturated carbocycles. The lowest BCUT2D eigenvalue weighted by atomic mass is 10.1. The molecule has 2 aromatic carbocycles. The van der Waals surface area contributed by atoms with Crippen molar-refractivity contribution < 1.29 is 14.3 Å². The summed E-state index contributed by atoms with van der Waals surface area (Å²) in [5, 5.41) is 4.48. The lowest BCUT2D eigenvalue weighted by Gasteiger charge is -2.21. The third kappa shape index (κ3) is 3.13. The summed E-state index contributed by atoms with van der Waals surface area (Å²) < 4.78 is 12.0. The first kappa shape index (κ1) is 17.8. The third-order valence-corrected chi connectivity index (χ3v) is 6.20. The molecule has 1 amide bonds. The van der Waals surface area contributed by atoms with Crippen LogP contribution in [0.5, 0.6) is 11.5 Å². The van der Waals surface area contributed by atoms with Crippen molar-refractivity contribution >= 4 is 38.2 Å². The van der Waals surface area contributed by atoms with E-state index in [4.69, 9.17) is 9.47 Å². The smallest absolute Gasteiger partial charge is 0.261 e. The van der Waals surface area contributed by atoms with Crippen molar-refractivity contribution in [3.05, 3.63) is 69.3 Å². The minimum absolute atomic E-state index is 0.186. The minimum atomic E-state index is -0.224. The number of fused-ring (bicyclic) bond motifs is 4. The molecule has 1 atom stereocenters. The van der Waals surface area contributed by atoms with Crippen LogP contribution in [-0.4, -0.2) is 24.1 Å². The van der Waals surface area contributed by atoms with Crippen molar-refractivity contribution in [1.29, 1.82) is 0 Å². The van der Waals surface area contributed by atoms with E-state index in [1.54, 1.807) is 6.07 Å². The van der Waals surface area contributed by atoms with Crippen LogP contribution in [0, 0.1) is 0 Å². The van der Waals surface area contributed by atoms with Gasteiger partial charge in [-0.05, 0) is 36.8 Å². The van der Waals surface area contributed by atoms with E-state index in [0.29, 0.717) is 35.0 Å². The molecule has 0 aliphatic carbocycles. The number of carbonyl (C=O) groups excluding carboxylic acids is 1. The van der Waals surface area contributed by atoms with Crippen molar-refractivity contribution in [1.82, 2.24) is 10.3 Å². The molecule has 0 bridgehead atoms. The number of rotatable bonds is 3. The van der Waals surface area contributed by atoms with Gasteiger partial charge in [0.1, 0.15) is 13.2 Å². The predicted octanol–water partition coefficient (Wildman–Crippen LogP) is 4.01. The molecule has 146 valence electrons. The predicted molar refractivity (Wildman–Crippen MR) is 113 cm³/mol. The van der Waals surface area contributed by atoms with Crippen LogP contribution in [0.2, 0.25) is 0 Å². The summed E-state index contributed by atoms with van der Waals surface area (Å²) in [7, 11) is 0. The summed E-state index contributed by atoms with van der Waals surface area (Å²) in [5.74, 6) is 1.20. The van der Waals surface area contributed by atoms with Gasteiger partial charge in [0.15, 0.2) is 11.5 Å². The third-order valence-electron chi connectivity index (χ3n) is 5.03. The van der Waals surface area contributed by atoms with E-state index in [9.17, 15) is 9.59 Å². The van der Waals surface area contributed by atoms with Gasteiger partial charge >= 0.3 is 0 Å². The van der Waals surface area contributed by atoms with Gasteiger partial charge in [0.05, 0.1) is 16.3 Å². The number of benzene rings is 2. The molecule has 0 radical (unpaired) electrons. The zero-order chi connectivity index (χ0) is 20.0. The molecule has 1 aliphatic heterocycles. The summed E-state index contributed by atoms with van der Waals surface area (Å²) >= 11 is 1.33. The van der Waals surface area contributed by atoms with Crippen molar-refractivity contribution in [2.45, 2.75) is 13.0 Å². The summed E-state index contributed by atoms with van der Waals surface area (Å²) in [6.07, 6.45) is 0. The maximum atomic E-state index is 12.9. The highest BCUT2D eigenvalue weighted by Crippen LogP contribution is 2.33. The van der Waals surface area contributed by atoms with Gasteiger partial charge in [0.25, 0.3) is 11.5 Å². The van der Waals surface area contributed by atoms with E-state index in [0.717, 1.165) is 21.2 Å². The first-order valence-electron chi connectivity index (χ1n) is 9.35. The SMILES string of the molecule is C[C@H](NC(=O)c1cc2c(=O)[nH]c3ccccc3c2s1)c1ccc2c(c1)OCCO2. The number of nitrogens with one attached hydrogen (secondary N) is 2. The molecule has 5 rings (SSSR count). The molecule has 2 N–H and O–H groups in total. The Morgan fingerprint density at radius 1 is 1.07 bits per heavy atom. The van der Waals surface area contributed by atoms with Crippen molar-refractivity contribution in [3.63, 3.8) is 0 Å².